The van der Waals surface area contributed by atoms with Gasteiger partial charge in [-0.1, -0.05) is 12.1 Å². The number of hydrogen-bond donors (Lipinski definition) is 8. The van der Waals surface area contributed by atoms with E-state index >= 15 is 0 Å². The summed E-state index contributed by atoms with van der Waals surface area (Å²) in [5.74, 6) is 0.286. The number of nitrogens with zero attached hydrogens (tertiary/aromatic N) is 2. The lowest BCUT2D eigenvalue weighted by atomic mass is 10.1. The van der Waals surface area contributed by atoms with Gasteiger partial charge in [0.05, 0.1) is 6.61 Å². The zero-order valence-electron chi connectivity index (χ0n) is 45.2. The summed E-state index contributed by atoms with van der Waals surface area (Å²) < 4.78 is 26.1. The molecule has 0 radical (unpaired) electrons. The number of phenols is 1. The van der Waals surface area contributed by atoms with Crippen LogP contribution in [0.15, 0.2) is 36.4 Å². The molecule has 0 aromatic heterocycles. The topological polar surface area (TPSA) is 268 Å². The van der Waals surface area contributed by atoms with Crippen molar-refractivity contribution in [3.8, 4) is 11.5 Å². The van der Waals surface area contributed by atoms with Gasteiger partial charge in [0, 0.05) is 36.6 Å². The van der Waals surface area contributed by atoms with E-state index in [4.69, 9.17) is 28.8 Å². The van der Waals surface area contributed by atoms with Crippen molar-refractivity contribution in [2.45, 2.75) is 169 Å². The molecule has 8 N–H and O–H groups in total. The SMILES string of the molecule is CC(C)(C)OC(=O)NNC(=O)OC(C)(C)C.CC(C)(C)OC(=O)N[C@H]1CCc2ccc(O)cc2NC1=O.CC(C)(C)OC(=O)N[C@H]1CCc2ccc(OCCN3CCCC3)cc2NC1=O.OCCN1CCCC1. The van der Waals surface area contributed by atoms with Crippen LogP contribution in [0.25, 0.3) is 0 Å². The highest BCUT2D eigenvalue weighted by Crippen LogP contribution is 2.28. The van der Waals surface area contributed by atoms with Crippen molar-refractivity contribution in [1.82, 2.24) is 31.3 Å². The molecule has 6 rings (SSSR count). The van der Waals surface area contributed by atoms with Crippen LogP contribution in [0.5, 0.6) is 11.5 Å². The van der Waals surface area contributed by atoms with E-state index in [0.717, 1.165) is 48.7 Å². The highest BCUT2D eigenvalue weighted by molar-refractivity contribution is 5.99. The number of carbonyl (C=O) groups is 6. The minimum absolute atomic E-state index is 0.0904. The summed E-state index contributed by atoms with van der Waals surface area (Å²) in [6.07, 6.45) is 4.80. The van der Waals surface area contributed by atoms with Gasteiger partial charge in [-0.25, -0.2) is 30.0 Å². The number of β-amino-alcohol motifs (C(OH)–C–C–N with tert-alkyl or cyclic N) is 1. The lowest BCUT2D eigenvalue weighted by molar-refractivity contribution is -0.118. The summed E-state index contributed by atoms with van der Waals surface area (Å²) in [4.78, 5) is 75.4. The first-order valence-corrected chi connectivity index (χ1v) is 25.2. The Hall–Kier alpha value is -6.06. The fraction of sp³-hybridized carbons (Fsp3) is 0.654. The number of carbonyl (C=O) groups excluding carboxylic acids is 6. The molecule has 2 saturated heterocycles. The van der Waals surface area contributed by atoms with E-state index in [1.54, 1.807) is 95.2 Å². The maximum Gasteiger partial charge on any atom is 0.426 e. The van der Waals surface area contributed by atoms with Crippen LogP contribution in [-0.4, -0.2) is 143 Å². The maximum atomic E-state index is 12.5. The molecule has 2 atom stereocenters. The number of hydrazine groups is 1. The summed E-state index contributed by atoms with van der Waals surface area (Å²) in [6.45, 7) is 28.4. The summed E-state index contributed by atoms with van der Waals surface area (Å²) in [5.41, 5.74) is 5.00. The number of ether oxygens (including phenoxy) is 5. The molecule has 4 aliphatic rings. The largest absolute Gasteiger partial charge is 0.508 e. The molecule has 21 heteroatoms. The number of aromatic hydroxyl groups is 1. The molecule has 21 nitrogen and oxygen atoms in total. The number of amides is 6. The van der Waals surface area contributed by atoms with Crippen LogP contribution in [-0.2, 0) is 41.4 Å². The van der Waals surface area contributed by atoms with Gasteiger partial charge >= 0.3 is 24.4 Å². The molecule has 0 unspecified atom stereocenters. The number of rotatable bonds is 8. The van der Waals surface area contributed by atoms with Crippen LogP contribution in [0.4, 0.5) is 30.6 Å². The smallest absolute Gasteiger partial charge is 0.426 e. The third-order valence-electron chi connectivity index (χ3n) is 10.7. The molecular formula is C52H84N8O13. The Morgan fingerprint density at radius 1 is 0.575 bits per heavy atom. The minimum Gasteiger partial charge on any atom is -0.508 e. The highest BCUT2D eigenvalue weighted by Gasteiger charge is 2.29. The average Bonchev–Trinajstić information content (AvgIpc) is 3.92. The zero-order chi connectivity index (χ0) is 54.6. The van der Waals surface area contributed by atoms with Crippen LogP contribution in [0.2, 0.25) is 0 Å². The molecule has 2 fully saturated rings. The van der Waals surface area contributed by atoms with E-state index in [2.05, 4.69) is 41.9 Å². The second kappa shape index (κ2) is 28.4. The predicted molar refractivity (Wildman–Crippen MR) is 277 cm³/mol. The third-order valence-corrected chi connectivity index (χ3v) is 10.7. The van der Waals surface area contributed by atoms with Gasteiger partial charge in [-0.3, -0.25) is 14.5 Å². The number of aliphatic hydroxyl groups excluding tert-OH is 1. The van der Waals surface area contributed by atoms with Crippen molar-refractivity contribution < 1.29 is 62.7 Å². The monoisotopic (exact) mass is 1030 g/mol. The Balaban J connectivity index is 0.000000277. The van der Waals surface area contributed by atoms with Crippen LogP contribution >= 0.6 is 0 Å². The number of aliphatic hydroxyl groups is 1. The highest BCUT2D eigenvalue weighted by atomic mass is 16.6. The Labute approximate surface area is 431 Å². The fourth-order valence-electron chi connectivity index (χ4n) is 7.51. The van der Waals surface area contributed by atoms with E-state index < -0.39 is 58.9 Å². The number of alkyl carbamates (subject to hydrolysis) is 2. The van der Waals surface area contributed by atoms with Gasteiger partial charge in [-0.15, -0.1) is 0 Å². The molecule has 2 aromatic rings. The maximum absolute atomic E-state index is 12.5. The number of anilines is 2. The standard InChI is InChI=1S/C21H31N3O4.C15H20N2O4.C10H20N2O4.C6H13NO/c1-21(2,3)28-20(26)23-17-9-7-15-6-8-16(14-18(15)22-19(17)25)27-13-12-24-10-4-5-11-24;1-15(2,3)21-14(20)17-11-7-5-9-4-6-10(18)8-12(9)16-13(11)19;1-9(2,3)15-7(13)11-12-8(14)16-10(4,5)6;8-6-5-7-3-1-2-4-7/h6,8,14,17H,4-5,7,9-13H2,1-3H3,(H,22,25)(H,23,26);4,6,8,11,18H,5,7H2,1-3H3,(H,16,19)(H,17,20);1-6H3,(H,11,13)(H,12,14);8H,1-6H2/t17-;11-;;/m00../s1. The molecule has 0 aliphatic carbocycles. The Morgan fingerprint density at radius 2 is 0.959 bits per heavy atom. The molecule has 4 heterocycles. The van der Waals surface area contributed by atoms with Gasteiger partial charge in [0.25, 0.3) is 0 Å². The Kier molecular flexibility index (Phi) is 23.8. The van der Waals surface area contributed by atoms with Crippen molar-refractivity contribution in [2.75, 3.05) is 63.1 Å². The van der Waals surface area contributed by atoms with Crippen LogP contribution in [0, 0.1) is 0 Å². The number of fused-ring (bicyclic) bond motifs is 2. The molecule has 0 bridgehead atoms. The van der Waals surface area contributed by atoms with Crippen molar-refractivity contribution in [3.63, 3.8) is 0 Å². The van der Waals surface area contributed by atoms with E-state index in [1.165, 1.54) is 44.8 Å². The number of hydrogen-bond acceptors (Lipinski definition) is 15. The van der Waals surface area contributed by atoms with Crippen LogP contribution in [0.3, 0.4) is 0 Å². The molecule has 4 aliphatic heterocycles. The molecule has 6 amide bonds. The van der Waals surface area contributed by atoms with Gasteiger partial charge < -0.3 is 60.1 Å². The van der Waals surface area contributed by atoms with Crippen LogP contribution in [0.1, 0.15) is 133 Å². The van der Waals surface area contributed by atoms with E-state index in [1.807, 2.05) is 18.2 Å². The van der Waals surface area contributed by atoms with Gasteiger partial charge in [0.1, 0.15) is 52.6 Å². The molecule has 410 valence electrons. The molecule has 73 heavy (non-hydrogen) atoms. The number of benzene rings is 2. The van der Waals surface area contributed by atoms with Gasteiger partial charge in [0.2, 0.25) is 11.8 Å². The first-order valence-electron chi connectivity index (χ1n) is 25.2. The first kappa shape index (κ1) is 61.2. The quantitative estimate of drug-likeness (QED) is 0.0965. The lowest BCUT2D eigenvalue weighted by Crippen LogP contribution is -2.46. The minimum atomic E-state index is -0.738. The molecule has 2 aromatic carbocycles. The fourth-order valence-corrected chi connectivity index (χ4v) is 7.51. The lowest BCUT2D eigenvalue weighted by Gasteiger charge is -2.22. The first-order chi connectivity index (χ1) is 34.0. The van der Waals surface area contributed by atoms with Crippen molar-refractivity contribution >= 4 is 47.6 Å². The summed E-state index contributed by atoms with van der Waals surface area (Å²) in [5, 5.41) is 28.8. The van der Waals surface area contributed by atoms with E-state index in [9.17, 15) is 33.9 Å². The second-order valence-electron chi connectivity index (χ2n) is 22.0. The normalized spacial score (nSPS) is 17.9. The zero-order valence-corrected chi connectivity index (χ0v) is 45.2. The van der Waals surface area contributed by atoms with Gasteiger partial charge in [-0.2, -0.15) is 0 Å². The third kappa shape index (κ3) is 25.9. The van der Waals surface area contributed by atoms with E-state index in [-0.39, 0.29) is 17.6 Å². The summed E-state index contributed by atoms with van der Waals surface area (Å²) >= 11 is 0. The number of nitrogens with one attached hydrogen (secondary N) is 6. The predicted octanol–water partition coefficient (Wildman–Crippen LogP) is 7.13. The average molecular weight is 1030 g/mol. The Bertz CT molecular complexity index is 2090. The summed E-state index contributed by atoms with van der Waals surface area (Å²) in [6, 6.07) is 9.35. The summed E-state index contributed by atoms with van der Waals surface area (Å²) in [7, 11) is 0. The number of likely N-dealkylation sites (tertiary alicyclic amines) is 2. The molecule has 0 saturated carbocycles. The van der Waals surface area contributed by atoms with Crippen LogP contribution < -0.4 is 36.9 Å². The number of phenolic OH excluding ortho intramolecular Hbond substituents is 1. The van der Waals surface area contributed by atoms with Crippen molar-refractivity contribution in [2.24, 2.45) is 0 Å². The van der Waals surface area contributed by atoms with E-state index in [0.29, 0.717) is 44.6 Å². The molecule has 0 spiro atoms. The molecular weight excluding hydrogens is 945 g/mol. The van der Waals surface area contributed by atoms with Gasteiger partial charge in [0.15, 0.2) is 0 Å². The number of aryl methyl sites for hydroxylation is 2. The Morgan fingerprint density at radius 3 is 1.37 bits per heavy atom. The second-order valence-corrected chi connectivity index (χ2v) is 22.0. The van der Waals surface area contributed by atoms with Crippen molar-refractivity contribution in [3.05, 3.63) is 47.5 Å². The van der Waals surface area contributed by atoms with Gasteiger partial charge in [-0.05, 0) is 184 Å². The van der Waals surface area contributed by atoms with Crippen molar-refractivity contribution in [1.29, 1.82) is 0 Å².